The number of carbonyl (C=O) groups is 9. The molecule has 5 amide bonds. The number of carboxylic acids is 4. The van der Waals surface area contributed by atoms with E-state index in [-0.39, 0.29) is 31.7 Å². The van der Waals surface area contributed by atoms with E-state index in [9.17, 15) is 58.5 Å². The predicted octanol–water partition coefficient (Wildman–Crippen LogP) is -4.59. The largest absolute Gasteiger partial charge is 0.481 e. The maximum absolute atomic E-state index is 13.3. The molecule has 0 saturated carbocycles. The van der Waals surface area contributed by atoms with Gasteiger partial charge in [-0.1, -0.05) is 13.8 Å². The molecule has 48 heavy (non-hydrogen) atoms. The van der Waals surface area contributed by atoms with Gasteiger partial charge >= 0.3 is 23.9 Å². The highest BCUT2D eigenvalue weighted by Gasteiger charge is 2.34. The molecule has 0 aromatic rings. The van der Waals surface area contributed by atoms with Crippen LogP contribution >= 0.6 is 0 Å². The Morgan fingerprint density at radius 2 is 0.938 bits per heavy atom. The van der Waals surface area contributed by atoms with Gasteiger partial charge in [0.1, 0.15) is 36.3 Å². The maximum Gasteiger partial charge on any atom is 0.326 e. The molecule has 0 fully saturated rings. The highest BCUT2D eigenvalue weighted by molar-refractivity contribution is 5.98. The number of carboxylic acid groups (broad SMARTS) is 4. The van der Waals surface area contributed by atoms with Gasteiger partial charge in [0.25, 0.3) is 0 Å². The number of aliphatic hydroxyl groups is 1. The first kappa shape index (κ1) is 43.1. The van der Waals surface area contributed by atoms with Crippen molar-refractivity contribution in [2.45, 2.75) is 95.0 Å². The van der Waals surface area contributed by atoms with E-state index in [2.05, 4.69) is 16.0 Å². The standard InChI is InChI=1S/C27H45N7O14/c1-12(2)7-15(31-22(42)13(29)11-35)24(44)30-14(5-3-4-6-28)23(43)32-16(8-19(36)37)25(45)33-17(9-20(38)39)26(46)34-18(27(47)48)10-21(40)41/h12-18,35H,3-11,28-29H2,1-2H3,(H,30,44)(H,31,42)(H,32,43)(H,33,45)(H,34,46)(H,36,37)(H,38,39)(H,40,41)(H,47,48)/t13-,14-,15-,16-,17-,18-/m0/s1. The van der Waals surface area contributed by atoms with Crippen LogP contribution in [0.25, 0.3) is 0 Å². The van der Waals surface area contributed by atoms with E-state index in [4.69, 9.17) is 21.7 Å². The van der Waals surface area contributed by atoms with E-state index in [0.29, 0.717) is 6.42 Å². The molecule has 21 heteroatoms. The van der Waals surface area contributed by atoms with Crippen molar-refractivity contribution in [1.29, 1.82) is 0 Å². The van der Waals surface area contributed by atoms with Crippen molar-refractivity contribution in [3.63, 3.8) is 0 Å². The van der Waals surface area contributed by atoms with Crippen molar-refractivity contribution in [1.82, 2.24) is 26.6 Å². The topological polar surface area (TPSA) is 367 Å². The summed E-state index contributed by atoms with van der Waals surface area (Å²) >= 11 is 0. The number of aliphatic hydroxyl groups excluding tert-OH is 1. The highest BCUT2D eigenvalue weighted by Crippen LogP contribution is 2.09. The lowest BCUT2D eigenvalue weighted by Crippen LogP contribution is -2.60. The molecule has 6 atom stereocenters. The fourth-order valence-electron chi connectivity index (χ4n) is 4.06. The smallest absolute Gasteiger partial charge is 0.326 e. The molecule has 0 unspecified atom stereocenters. The van der Waals surface area contributed by atoms with E-state index in [1.54, 1.807) is 19.2 Å². The minimum absolute atomic E-state index is 0.0706. The Bertz CT molecular complexity index is 1180. The third-order valence-electron chi connectivity index (χ3n) is 6.47. The fraction of sp³-hybridized carbons (Fsp3) is 0.667. The predicted molar refractivity (Wildman–Crippen MR) is 161 cm³/mol. The second-order valence-corrected chi connectivity index (χ2v) is 11.1. The Morgan fingerprint density at radius 3 is 1.33 bits per heavy atom. The number of hydrogen-bond donors (Lipinski definition) is 12. The van der Waals surface area contributed by atoms with Gasteiger partial charge in [-0.2, -0.15) is 0 Å². The van der Waals surface area contributed by atoms with Crippen molar-refractivity contribution in [2.75, 3.05) is 13.2 Å². The van der Waals surface area contributed by atoms with Crippen LogP contribution in [-0.4, -0.2) is 128 Å². The van der Waals surface area contributed by atoms with Gasteiger partial charge in [0.05, 0.1) is 25.9 Å². The van der Waals surface area contributed by atoms with E-state index in [1.807, 2.05) is 5.32 Å². The summed E-state index contributed by atoms with van der Waals surface area (Å²) in [7, 11) is 0. The molecule has 0 bridgehead atoms. The quantitative estimate of drug-likeness (QED) is 0.0424. The Kier molecular flexibility index (Phi) is 19.6. The first-order valence-corrected chi connectivity index (χ1v) is 14.8. The molecular weight excluding hydrogens is 646 g/mol. The Balaban J connectivity index is 6.18. The van der Waals surface area contributed by atoms with Crippen LogP contribution in [0.5, 0.6) is 0 Å². The average Bonchev–Trinajstić information content (AvgIpc) is 2.97. The van der Waals surface area contributed by atoms with Crippen molar-refractivity contribution in [3.05, 3.63) is 0 Å². The normalized spacial score (nSPS) is 14.6. The molecule has 0 aliphatic carbocycles. The second kappa shape index (κ2) is 21.8. The molecule has 0 aromatic carbocycles. The number of amides is 5. The van der Waals surface area contributed by atoms with Crippen molar-refractivity contribution < 1.29 is 68.7 Å². The van der Waals surface area contributed by atoms with E-state index in [0.717, 1.165) is 0 Å². The zero-order chi connectivity index (χ0) is 37.1. The molecule has 0 aromatic heterocycles. The highest BCUT2D eigenvalue weighted by atomic mass is 16.4. The molecule has 0 rings (SSSR count). The third-order valence-corrected chi connectivity index (χ3v) is 6.47. The summed E-state index contributed by atoms with van der Waals surface area (Å²) in [6.07, 6.45) is -2.67. The van der Waals surface area contributed by atoms with Crippen LogP contribution < -0.4 is 38.1 Å². The summed E-state index contributed by atoms with van der Waals surface area (Å²) in [5.74, 6) is -12.4. The zero-order valence-corrected chi connectivity index (χ0v) is 26.5. The fourth-order valence-corrected chi connectivity index (χ4v) is 4.06. The van der Waals surface area contributed by atoms with Gasteiger partial charge in [-0.25, -0.2) is 4.79 Å². The van der Waals surface area contributed by atoms with E-state index < -0.39 is 116 Å². The summed E-state index contributed by atoms with van der Waals surface area (Å²) in [5.41, 5.74) is 11.0. The molecule has 0 heterocycles. The summed E-state index contributed by atoms with van der Waals surface area (Å²) < 4.78 is 0. The van der Waals surface area contributed by atoms with Gasteiger partial charge in [0.15, 0.2) is 0 Å². The average molecular weight is 692 g/mol. The van der Waals surface area contributed by atoms with Crippen molar-refractivity contribution in [2.24, 2.45) is 17.4 Å². The molecule has 0 radical (unpaired) electrons. The Morgan fingerprint density at radius 1 is 0.562 bits per heavy atom. The Labute approximate surface area is 274 Å². The molecule has 0 aliphatic heterocycles. The summed E-state index contributed by atoms with van der Waals surface area (Å²) in [6, 6.07) is -9.99. The summed E-state index contributed by atoms with van der Waals surface area (Å²) in [4.78, 5) is 110. The molecule has 14 N–H and O–H groups in total. The molecular formula is C27H45N7O14. The van der Waals surface area contributed by atoms with Gasteiger partial charge in [0.2, 0.25) is 29.5 Å². The molecule has 0 saturated heterocycles. The number of nitrogens with two attached hydrogens (primary N) is 2. The van der Waals surface area contributed by atoms with Gasteiger partial charge in [-0.05, 0) is 38.1 Å². The SMILES string of the molecule is CC(C)C[C@H](NC(=O)[C@@H](N)CO)C(=O)N[C@@H](CCCCN)C(=O)N[C@@H](CC(=O)O)C(=O)N[C@@H](CC(=O)O)C(=O)N[C@@H](CC(=O)O)C(=O)O. The first-order chi connectivity index (χ1) is 22.3. The van der Waals surface area contributed by atoms with Crippen LogP contribution in [0.3, 0.4) is 0 Å². The van der Waals surface area contributed by atoms with Crippen LogP contribution in [0.4, 0.5) is 0 Å². The molecule has 0 spiro atoms. The lowest BCUT2D eigenvalue weighted by molar-refractivity contribution is -0.148. The number of carbonyl (C=O) groups excluding carboxylic acids is 5. The van der Waals surface area contributed by atoms with Gasteiger partial charge in [-0.15, -0.1) is 0 Å². The number of rotatable bonds is 24. The van der Waals surface area contributed by atoms with E-state index in [1.165, 1.54) is 0 Å². The zero-order valence-electron chi connectivity index (χ0n) is 26.5. The Hall–Kier alpha value is -4.89. The molecule has 0 aliphatic rings. The van der Waals surface area contributed by atoms with E-state index >= 15 is 0 Å². The van der Waals surface area contributed by atoms with Crippen LogP contribution in [0.1, 0.15) is 58.8 Å². The summed E-state index contributed by atoms with van der Waals surface area (Å²) in [6.45, 7) is 2.98. The van der Waals surface area contributed by atoms with Gasteiger partial charge in [0, 0.05) is 0 Å². The van der Waals surface area contributed by atoms with Crippen LogP contribution in [0.2, 0.25) is 0 Å². The lowest BCUT2D eigenvalue weighted by atomic mass is 10.0. The minimum atomic E-state index is -2.04. The van der Waals surface area contributed by atoms with Crippen LogP contribution in [0.15, 0.2) is 0 Å². The first-order valence-electron chi connectivity index (χ1n) is 14.8. The van der Waals surface area contributed by atoms with Gasteiger partial charge in [-0.3, -0.25) is 38.4 Å². The summed E-state index contributed by atoms with van der Waals surface area (Å²) in [5, 5.41) is 56.5. The number of aliphatic carboxylic acids is 4. The minimum Gasteiger partial charge on any atom is -0.481 e. The van der Waals surface area contributed by atoms with Gasteiger partial charge < -0.3 is 63.6 Å². The monoisotopic (exact) mass is 691 g/mol. The van der Waals surface area contributed by atoms with Crippen LogP contribution in [0, 0.1) is 5.92 Å². The number of hydrogen-bond acceptors (Lipinski definition) is 12. The molecule has 272 valence electrons. The second-order valence-electron chi connectivity index (χ2n) is 11.1. The van der Waals surface area contributed by atoms with Crippen molar-refractivity contribution >= 4 is 53.4 Å². The number of nitrogens with one attached hydrogen (secondary N) is 5. The number of unbranched alkanes of at least 4 members (excludes halogenated alkanes) is 1. The third kappa shape index (κ3) is 17.1. The molecule has 21 nitrogen and oxygen atoms in total. The van der Waals surface area contributed by atoms with Crippen LogP contribution in [-0.2, 0) is 43.2 Å². The lowest BCUT2D eigenvalue weighted by Gasteiger charge is -2.27. The van der Waals surface area contributed by atoms with Crippen molar-refractivity contribution in [3.8, 4) is 0 Å². The maximum atomic E-state index is 13.3.